The molecule has 0 aromatic heterocycles. The summed E-state index contributed by atoms with van der Waals surface area (Å²) in [6.45, 7) is 13.4. The molecule has 0 unspecified atom stereocenters. The topological polar surface area (TPSA) is 55.8 Å². The first-order valence-corrected chi connectivity index (χ1v) is 11.5. The standard InChI is InChI=1S/C19H32O4Si/c1-15(22-14-16-10-8-7-9-11-16)17(12-13-18(20)21)23-24(5,6)19(2,3)4/h7-11,15,17H,12-14H2,1-6H3,(H,20,21)/t15-,17+/m0/s1. The van der Waals surface area contributed by atoms with Crippen LogP contribution >= 0.6 is 0 Å². The van der Waals surface area contributed by atoms with Crippen molar-refractivity contribution in [2.45, 2.75) is 77.5 Å². The van der Waals surface area contributed by atoms with E-state index in [4.69, 9.17) is 14.3 Å². The van der Waals surface area contributed by atoms with Gasteiger partial charge < -0.3 is 14.3 Å². The van der Waals surface area contributed by atoms with Gasteiger partial charge in [0.2, 0.25) is 0 Å². The molecule has 0 amide bonds. The highest BCUT2D eigenvalue weighted by Crippen LogP contribution is 2.38. The minimum Gasteiger partial charge on any atom is -0.481 e. The van der Waals surface area contributed by atoms with Crippen LogP contribution < -0.4 is 0 Å². The molecule has 0 aliphatic carbocycles. The fourth-order valence-electron chi connectivity index (χ4n) is 2.12. The largest absolute Gasteiger partial charge is 0.481 e. The summed E-state index contributed by atoms with van der Waals surface area (Å²) < 4.78 is 12.4. The van der Waals surface area contributed by atoms with Gasteiger partial charge in [-0.2, -0.15) is 0 Å². The molecule has 1 rings (SSSR count). The lowest BCUT2D eigenvalue weighted by atomic mass is 10.1. The van der Waals surface area contributed by atoms with Crippen molar-refractivity contribution in [1.29, 1.82) is 0 Å². The summed E-state index contributed by atoms with van der Waals surface area (Å²) in [5, 5.41) is 9.10. The molecule has 24 heavy (non-hydrogen) atoms. The van der Waals surface area contributed by atoms with Crippen LogP contribution in [0.1, 0.15) is 46.1 Å². The summed E-state index contributed by atoms with van der Waals surface area (Å²) in [5.41, 5.74) is 1.11. The lowest BCUT2D eigenvalue weighted by molar-refractivity contribution is -0.138. The Hall–Kier alpha value is -1.17. The molecule has 0 spiro atoms. The molecule has 0 bridgehead atoms. The van der Waals surface area contributed by atoms with Gasteiger partial charge in [-0.3, -0.25) is 4.79 Å². The second-order valence-electron chi connectivity index (χ2n) is 7.85. The highest BCUT2D eigenvalue weighted by molar-refractivity contribution is 6.74. The molecule has 0 aliphatic heterocycles. The number of aliphatic carboxylic acids is 1. The first-order valence-electron chi connectivity index (χ1n) is 8.58. The normalized spacial score (nSPS) is 15.1. The second-order valence-corrected chi connectivity index (χ2v) is 12.6. The SMILES string of the molecule is C[C@H](OCc1ccccc1)[C@@H](CCC(=O)O)O[Si](C)(C)C(C)(C)C. The Morgan fingerprint density at radius 1 is 1.21 bits per heavy atom. The van der Waals surface area contributed by atoms with Crippen molar-refractivity contribution in [3.8, 4) is 0 Å². The highest BCUT2D eigenvalue weighted by Gasteiger charge is 2.40. The lowest BCUT2D eigenvalue weighted by Crippen LogP contribution is -2.47. The van der Waals surface area contributed by atoms with E-state index in [0.717, 1.165) is 5.56 Å². The van der Waals surface area contributed by atoms with E-state index in [9.17, 15) is 4.79 Å². The van der Waals surface area contributed by atoms with Gasteiger partial charge >= 0.3 is 5.97 Å². The molecule has 0 aliphatic rings. The highest BCUT2D eigenvalue weighted by atomic mass is 28.4. The van der Waals surface area contributed by atoms with Crippen LogP contribution in [0.3, 0.4) is 0 Å². The summed E-state index contributed by atoms with van der Waals surface area (Å²) >= 11 is 0. The Morgan fingerprint density at radius 3 is 2.29 bits per heavy atom. The third-order valence-electron chi connectivity index (χ3n) is 4.77. The molecule has 5 heteroatoms. The van der Waals surface area contributed by atoms with E-state index in [-0.39, 0.29) is 23.7 Å². The molecular formula is C19H32O4Si. The number of ether oxygens (including phenoxy) is 1. The number of carboxylic acids is 1. The van der Waals surface area contributed by atoms with Crippen LogP contribution in [0.2, 0.25) is 18.1 Å². The zero-order valence-electron chi connectivity index (χ0n) is 15.8. The Bertz CT molecular complexity index is 508. The smallest absolute Gasteiger partial charge is 0.303 e. The zero-order chi connectivity index (χ0) is 18.4. The van der Waals surface area contributed by atoms with Crippen LogP contribution in [0.5, 0.6) is 0 Å². The van der Waals surface area contributed by atoms with Crippen LogP contribution in [-0.2, 0) is 20.6 Å². The van der Waals surface area contributed by atoms with Crippen LogP contribution in [0.4, 0.5) is 0 Å². The average molecular weight is 353 g/mol. The molecule has 2 atom stereocenters. The van der Waals surface area contributed by atoms with Crippen LogP contribution in [0, 0.1) is 0 Å². The van der Waals surface area contributed by atoms with E-state index in [1.165, 1.54) is 0 Å². The number of rotatable bonds is 9. The Kier molecular flexibility index (Phi) is 7.64. The van der Waals surface area contributed by atoms with Gasteiger partial charge in [0.05, 0.1) is 18.8 Å². The van der Waals surface area contributed by atoms with E-state index in [2.05, 4.69) is 33.9 Å². The van der Waals surface area contributed by atoms with Gasteiger partial charge in [0.25, 0.3) is 0 Å². The molecule has 1 aromatic carbocycles. The van der Waals surface area contributed by atoms with Gasteiger partial charge in [-0.05, 0) is 37.0 Å². The van der Waals surface area contributed by atoms with E-state index in [0.29, 0.717) is 13.0 Å². The number of carbonyl (C=O) groups is 1. The summed E-state index contributed by atoms with van der Waals surface area (Å²) in [5.74, 6) is -0.797. The molecule has 1 aromatic rings. The van der Waals surface area contributed by atoms with Gasteiger partial charge in [0.15, 0.2) is 8.32 Å². The molecule has 0 heterocycles. The maximum atomic E-state index is 11.0. The van der Waals surface area contributed by atoms with Crippen molar-refractivity contribution < 1.29 is 19.1 Å². The van der Waals surface area contributed by atoms with Crippen molar-refractivity contribution in [1.82, 2.24) is 0 Å². The van der Waals surface area contributed by atoms with Gasteiger partial charge in [0.1, 0.15) is 0 Å². The van der Waals surface area contributed by atoms with E-state index in [1.54, 1.807) is 0 Å². The van der Waals surface area contributed by atoms with E-state index in [1.807, 2.05) is 37.3 Å². The maximum absolute atomic E-state index is 11.0. The van der Waals surface area contributed by atoms with Crippen molar-refractivity contribution in [2.75, 3.05) is 0 Å². The number of carboxylic acid groups (broad SMARTS) is 1. The molecule has 0 saturated carbocycles. The number of benzene rings is 1. The molecule has 1 N–H and O–H groups in total. The molecular weight excluding hydrogens is 320 g/mol. The number of hydrogen-bond donors (Lipinski definition) is 1. The lowest BCUT2D eigenvalue weighted by Gasteiger charge is -2.40. The fraction of sp³-hybridized carbons (Fsp3) is 0.632. The maximum Gasteiger partial charge on any atom is 0.303 e. The van der Waals surface area contributed by atoms with Gasteiger partial charge in [-0.25, -0.2) is 0 Å². The zero-order valence-corrected chi connectivity index (χ0v) is 16.8. The molecule has 136 valence electrons. The monoisotopic (exact) mass is 352 g/mol. The van der Waals surface area contributed by atoms with Crippen molar-refractivity contribution in [3.05, 3.63) is 35.9 Å². The van der Waals surface area contributed by atoms with Gasteiger partial charge in [-0.1, -0.05) is 51.1 Å². The predicted molar refractivity (Wildman–Crippen MR) is 99.6 cm³/mol. The predicted octanol–water partition coefficient (Wildman–Crippen LogP) is 4.85. The van der Waals surface area contributed by atoms with Crippen molar-refractivity contribution >= 4 is 14.3 Å². The van der Waals surface area contributed by atoms with Crippen molar-refractivity contribution in [2.24, 2.45) is 0 Å². The van der Waals surface area contributed by atoms with Crippen LogP contribution in [-0.4, -0.2) is 31.6 Å². The van der Waals surface area contributed by atoms with Crippen LogP contribution in [0.15, 0.2) is 30.3 Å². The van der Waals surface area contributed by atoms with E-state index < -0.39 is 14.3 Å². The third kappa shape index (κ3) is 6.75. The van der Waals surface area contributed by atoms with Crippen molar-refractivity contribution in [3.63, 3.8) is 0 Å². The molecule has 0 radical (unpaired) electrons. The molecule has 0 saturated heterocycles. The summed E-state index contributed by atoms with van der Waals surface area (Å²) in [6.07, 6.45) is 0.209. The fourth-order valence-corrected chi connectivity index (χ4v) is 3.54. The summed E-state index contributed by atoms with van der Waals surface area (Å²) in [6, 6.07) is 9.99. The third-order valence-corrected chi connectivity index (χ3v) is 9.28. The van der Waals surface area contributed by atoms with Gasteiger partial charge in [-0.15, -0.1) is 0 Å². The number of hydrogen-bond acceptors (Lipinski definition) is 3. The summed E-state index contributed by atoms with van der Waals surface area (Å²) in [7, 11) is -1.98. The Balaban J connectivity index is 2.74. The Morgan fingerprint density at radius 2 is 1.79 bits per heavy atom. The second kappa shape index (κ2) is 8.79. The minimum absolute atomic E-state index is 0.0770. The first kappa shape index (κ1) is 20.9. The van der Waals surface area contributed by atoms with E-state index >= 15 is 0 Å². The summed E-state index contributed by atoms with van der Waals surface area (Å²) in [4.78, 5) is 11.0. The average Bonchev–Trinajstić information content (AvgIpc) is 2.48. The Labute approximate surface area is 147 Å². The minimum atomic E-state index is -1.98. The quantitative estimate of drug-likeness (QED) is 0.646. The molecule has 0 fully saturated rings. The van der Waals surface area contributed by atoms with Crippen LogP contribution in [0.25, 0.3) is 0 Å². The van der Waals surface area contributed by atoms with Gasteiger partial charge in [0, 0.05) is 6.42 Å². The molecule has 4 nitrogen and oxygen atoms in total. The first-order chi connectivity index (χ1) is 11.0.